The average Bonchev–Trinajstić information content (AvgIpc) is 3.52. The lowest BCUT2D eigenvalue weighted by atomic mass is 10.0. The number of carbonyl (C=O) groups is 3. The molecule has 1 aliphatic heterocycles. The molecule has 1 saturated heterocycles. The maximum Gasteiger partial charge on any atom is 0.333 e. The number of aliphatic hydroxyl groups excluding tert-OH is 1. The number of ketones is 1. The lowest BCUT2D eigenvalue weighted by Gasteiger charge is -2.16. The first-order chi connectivity index (χ1) is 24.5. The van der Waals surface area contributed by atoms with Crippen molar-refractivity contribution in [3.63, 3.8) is 0 Å². The number of rotatable bonds is 14. The van der Waals surface area contributed by atoms with E-state index in [0.29, 0.717) is 51.0 Å². The number of likely N-dealkylation sites (N-methyl/N-ethyl adjacent to an activating group) is 1. The van der Waals surface area contributed by atoms with Crippen LogP contribution in [0.25, 0.3) is 10.9 Å². The molecular weight excluding hydrogens is 678 g/mol. The van der Waals surface area contributed by atoms with Crippen LogP contribution in [-0.2, 0) is 27.4 Å². The number of aliphatic carboxylic acids is 2. The van der Waals surface area contributed by atoms with E-state index in [9.17, 15) is 19.6 Å². The molecule has 14 heteroatoms. The number of aliphatic hydroxyl groups is 1. The average molecular weight is 716 g/mol. The molecule has 2 atom stereocenters. The van der Waals surface area contributed by atoms with Crippen molar-refractivity contribution < 1.29 is 39.2 Å². The van der Waals surface area contributed by atoms with E-state index in [1.807, 2.05) is 49.4 Å². The number of aromatic nitrogens is 2. The fourth-order valence-corrected chi connectivity index (χ4v) is 5.52. The molecule has 2 aromatic heterocycles. The van der Waals surface area contributed by atoms with Crippen molar-refractivity contribution >= 4 is 51.6 Å². The van der Waals surface area contributed by atoms with Gasteiger partial charge >= 0.3 is 11.9 Å². The van der Waals surface area contributed by atoms with E-state index in [-0.39, 0.29) is 24.9 Å². The molecule has 1 fully saturated rings. The number of carboxylic acid groups (broad SMARTS) is 2. The molecule has 0 unspecified atom stereocenters. The Morgan fingerprint density at radius 2 is 1.94 bits per heavy atom. The number of nitrogens with zero attached hydrogens (tertiary/aromatic N) is 4. The van der Waals surface area contributed by atoms with Gasteiger partial charge in [0.15, 0.2) is 11.9 Å². The second-order valence-corrected chi connectivity index (χ2v) is 12.0. The van der Waals surface area contributed by atoms with Gasteiger partial charge in [0.2, 0.25) is 0 Å². The molecule has 0 saturated carbocycles. The Balaban J connectivity index is 0.000000573. The lowest BCUT2D eigenvalue weighted by molar-refractivity contribution is -0.152. The molecule has 13 nitrogen and oxygen atoms in total. The molecule has 0 radical (unpaired) electrons. The molecule has 0 bridgehead atoms. The topological polar surface area (TPSA) is 195 Å². The lowest BCUT2D eigenvalue weighted by Crippen LogP contribution is -2.22. The van der Waals surface area contributed by atoms with Crippen LogP contribution in [0.5, 0.6) is 11.5 Å². The van der Waals surface area contributed by atoms with Crippen molar-refractivity contribution in [1.29, 1.82) is 5.26 Å². The van der Waals surface area contributed by atoms with Gasteiger partial charge in [-0.2, -0.15) is 5.26 Å². The van der Waals surface area contributed by atoms with Gasteiger partial charge in [-0.05, 0) is 75.8 Å². The fraction of sp³-hybridized carbons (Fsp3) is 0.297. The Bertz CT molecular complexity index is 1930. The number of carboxylic acids is 2. The van der Waals surface area contributed by atoms with Gasteiger partial charge < -0.3 is 30.1 Å². The normalized spacial score (nSPS) is 14.7. The van der Waals surface area contributed by atoms with Crippen molar-refractivity contribution in [2.24, 2.45) is 0 Å². The Morgan fingerprint density at radius 3 is 2.55 bits per heavy atom. The number of halogens is 1. The number of nitriles is 1. The number of carbonyl (C=O) groups excluding carboxylic acids is 1. The minimum atomic E-state index is -1.79. The van der Waals surface area contributed by atoms with Crippen molar-refractivity contribution in [2.45, 2.75) is 51.4 Å². The quantitative estimate of drug-likeness (QED) is 0.119. The van der Waals surface area contributed by atoms with Crippen LogP contribution in [-0.4, -0.2) is 80.3 Å². The second-order valence-electron chi connectivity index (χ2n) is 11.6. The molecule has 2 aromatic carbocycles. The number of ether oxygens (including phenoxy) is 2. The number of anilines is 2. The number of pyridine rings is 2. The molecular formula is C37H38ClN5O8. The summed E-state index contributed by atoms with van der Waals surface area (Å²) >= 11 is 6.55. The summed E-state index contributed by atoms with van der Waals surface area (Å²) < 4.78 is 11.7. The van der Waals surface area contributed by atoms with Gasteiger partial charge in [0.25, 0.3) is 0 Å². The van der Waals surface area contributed by atoms with Crippen LogP contribution < -0.4 is 14.8 Å². The van der Waals surface area contributed by atoms with Crippen molar-refractivity contribution in [1.82, 2.24) is 14.9 Å². The van der Waals surface area contributed by atoms with E-state index in [4.69, 9.17) is 36.4 Å². The predicted octanol–water partition coefficient (Wildman–Crippen LogP) is 5.54. The summed E-state index contributed by atoms with van der Waals surface area (Å²) in [6.07, 6.45) is 6.72. The standard InChI is InChI=1S/C33H32ClN5O3.C4H6O5/c1-3-41-32-18-30-28(16-22(32)15-27(40)11-10-26-8-6-14-39(26)2)33(23(19-35)20-37-30)38-24-9-12-31(29(34)17-24)42-21-25-7-4-5-13-36-25;5-2(4(8)9)1-3(6)7/h4-5,7,9-13,16-18,20,26H,3,6,8,14-15,21H2,1-2H3,(H,37,38);2,5H,1H2,(H,6,7)(H,8,9)/b11-10+;/t26-;2-/m10/s1. The number of likely N-dealkylation sites (tertiary alicyclic amines) is 1. The van der Waals surface area contributed by atoms with E-state index < -0.39 is 24.5 Å². The number of nitrogens with one attached hydrogen (secondary N) is 1. The van der Waals surface area contributed by atoms with E-state index >= 15 is 0 Å². The highest BCUT2D eigenvalue weighted by Gasteiger charge is 2.20. The highest BCUT2D eigenvalue weighted by molar-refractivity contribution is 6.32. The summed E-state index contributed by atoms with van der Waals surface area (Å²) in [5, 5.41) is 38.5. The Morgan fingerprint density at radius 1 is 1.14 bits per heavy atom. The number of hydrogen-bond acceptors (Lipinski definition) is 11. The molecule has 51 heavy (non-hydrogen) atoms. The third kappa shape index (κ3) is 11.0. The summed E-state index contributed by atoms with van der Waals surface area (Å²) in [6.45, 7) is 3.68. The van der Waals surface area contributed by atoms with Crippen molar-refractivity contribution in [3.05, 3.63) is 94.9 Å². The highest BCUT2D eigenvalue weighted by Crippen LogP contribution is 2.36. The third-order valence-electron chi connectivity index (χ3n) is 7.87. The first kappa shape index (κ1) is 38.3. The second kappa shape index (κ2) is 18.4. The van der Waals surface area contributed by atoms with Crippen molar-refractivity contribution in [3.8, 4) is 17.6 Å². The van der Waals surface area contributed by atoms with Crippen LogP contribution >= 0.6 is 11.6 Å². The molecule has 0 amide bonds. The zero-order chi connectivity index (χ0) is 36.9. The van der Waals surface area contributed by atoms with Gasteiger partial charge in [-0.1, -0.05) is 23.7 Å². The van der Waals surface area contributed by atoms with Crippen LogP contribution in [0, 0.1) is 11.3 Å². The molecule has 266 valence electrons. The van der Waals surface area contributed by atoms with Crippen molar-refractivity contribution in [2.75, 3.05) is 25.5 Å². The van der Waals surface area contributed by atoms with Gasteiger partial charge in [0.1, 0.15) is 24.2 Å². The molecule has 1 aliphatic rings. The summed E-state index contributed by atoms with van der Waals surface area (Å²) in [5.41, 5.74) is 3.76. The van der Waals surface area contributed by atoms with Gasteiger partial charge in [-0.15, -0.1) is 0 Å². The summed E-state index contributed by atoms with van der Waals surface area (Å²) in [4.78, 5) is 43.4. The Hall–Kier alpha value is -5.55. The number of hydrogen-bond donors (Lipinski definition) is 4. The third-order valence-corrected chi connectivity index (χ3v) is 8.17. The summed E-state index contributed by atoms with van der Waals surface area (Å²) in [7, 11) is 2.08. The van der Waals surface area contributed by atoms with E-state index in [1.165, 1.54) is 6.20 Å². The SMILES string of the molecule is CCOc1cc2ncc(C#N)c(Nc3ccc(OCc4ccccn4)c(Cl)c3)c2cc1CC(=O)/C=C/[C@H]1CCCN1C.O=C(O)C[C@H](O)C(=O)O. The van der Waals surface area contributed by atoms with Crippen LogP contribution in [0.2, 0.25) is 5.02 Å². The highest BCUT2D eigenvalue weighted by atomic mass is 35.5. The fourth-order valence-electron chi connectivity index (χ4n) is 5.28. The Labute approximate surface area is 299 Å². The minimum absolute atomic E-state index is 0.0115. The maximum absolute atomic E-state index is 13.0. The molecule has 4 N–H and O–H groups in total. The number of benzene rings is 2. The van der Waals surface area contributed by atoms with E-state index in [0.717, 1.165) is 30.6 Å². The van der Waals surface area contributed by atoms with Crippen LogP contribution in [0.4, 0.5) is 11.4 Å². The molecule has 5 rings (SSSR count). The largest absolute Gasteiger partial charge is 0.494 e. The first-order valence-electron chi connectivity index (χ1n) is 16.1. The van der Waals surface area contributed by atoms with Crippen LogP contribution in [0.1, 0.15) is 43.0 Å². The van der Waals surface area contributed by atoms with Crippen LogP contribution in [0.15, 0.2) is 73.1 Å². The van der Waals surface area contributed by atoms with E-state index in [2.05, 4.69) is 33.3 Å². The monoisotopic (exact) mass is 715 g/mol. The zero-order valence-electron chi connectivity index (χ0n) is 28.1. The zero-order valence-corrected chi connectivity index (χ0v) is 28.8. The molecule has 0 aliphatic carbocycles. The van der Waals surface area contributed by atoms with Crippen LogP contribution in [0.3, 0.4) is 0 Å². The van der Waals surface area contributed by atoms with E-state index in [1.54, 1.807) is 24.4 Å². The molecule has 4 aromatic rings. The molecule has 0 spiro atoms. The number of allylic oxidation sites excluding steroid dienone is 1. The maximum atomic E-state index is 13.0. The Kier molecular flexibility index (Phi) is 13.8. The van der Waals surface area contributed by atoms with Gasteiger partial charge in [0.05, 0.1) is 40.5 Å². The minimum Gasteiger partial charge on any atom is -0.494 e. The summed E-state index contributed by atoms with van der Waals surface area (Å²) in [6, 6.07) is 17.2. The number of fused-ring (bicyclic) bond motifs is 1. The smallest absolute Gasteiger partial charge is 0.333 e. The molecule has 3 heterocycles. The van der Waals surface area contributed by atoms with Gasteiger partial charge in [0, 0.05) is 47.6 Å². The predicted molar refractivity (Wildman–Crippen MR) is 190 cm³/mol. The first-order valence-corrected chi connectivity index (χ1v) is 16.5. The van der Waals surface area contributed by atoms with Gasteiger partial charge in [-0.25, -0.2) is 4.79 Å². The summed E-state index contributed by atoms with van der Waals surface area (Å²) in [5.74, 6) is -1.73. The van der Waals surface area contributed by atoms with Gasteiger partial charge in [-0.3, -0.25) is 24.5 Å².